The van der Waals surface area contributed by atoms with Crippen molar-refractivity contribution in [2.24, 2.45) is 0 Å². The second-order valence-corrected chi connectivity index (χ2v) is 5.45. The summed E-state index contributed by atoms with van der Waals surface area (Å²) in [6, 6.07) is 9.04. The zero-order valence-corrected chi connectivity index (χ0v) is 12.1. The first kappa shape index (κ1) is 12.6. The maximum Gasteiger partial charge on any atom is 0.318 e. The fourth-order valence-corrected chi connectivity index (χ4v) is 3.20. The van der Waals surface area contributed by atoms with Gasteiger partial charge in [0.25, 0.3) is 0 Å². The second-order valence-electron chi connectivity index (χ2n) is 5.45. The van der Waals surface area contributed by atoms with Gasteiger partial charge in [-0.1, -0.05) is 18.2 Å². The number of fused-ring (bicyclic) bond motifs is 2. The summed E-state index contributed by atoms with van der Waals surface area (Å²) in [6.45, 7) is 2.60. The van der Waals surface area contributed by atoms with E-state index in [0.29, 0.717) is 6.01 Å². The minimum Gasteiger partial charge on any atom is -0.467 e. The normalized spacial score (nSPS) is 16.5. The molecule has 0 saturated heterocycles. The number of nitrogens with zero attached hydrogens (tertiary/aromatic N) is 3. The van der Waals surface area contributed by atoms with Gasteiger partial charge < -0.3 is 15.0 Å². The number of nitrogens with one attached hydrogen (secondary N) is 1. The predicted octanol–water partition coefficient (Wildman–Crippen LogP) is 2.17. The zero-order valence-electron chi connectivity index (χ0n) is 12.1. The number of rotatable bonds is 2. The monoisotopic (exact) mass is 282 g/mol. The van der Waals surface area contributed by atoms with Gasteiger partial charge >= 0.3 is 6.01 Å². The van der Waals surface area contributed by atoms with Crippen LogP contribution in [0.5, 0.6) is 6.01 Å². The van der Waals surface area contributed by atoms with Crippen LogP contribution in [0.1, 0.15) is 23.2 Å². The van der Waals surface area contributed by atoms with E-state index in [1.165, 1.54) is 16.8 Å². The molecule has 21 heavy (non-hydrogen) atoms. The molecular formula is C16H18N4O. The van der Waals surface area contributed by atoms with E-state index >= 15 is 0 Å². The Hall–Kier alpha value is -2.14. The quantitative estimate of drug-likeness (QED) is 0.915. The Morgan fingerprint density at radius 3 is 3.00 bits per heavy atom. The molecule has 2 aromatic rings. The average molecular weight is 282 g/mol. The fraction of sp³-hybridized carbons (Fsp3) is 0.375. The van der Waals surface area contributed by atoms with Gasteiger partial charge in [0, 0.05) is 30.9 Å². The molecule has 5 nitrogen and oxygen atoms in total. The Morgan fingerprint density at radius 1 is 1.19 bits per heavy atom. The summed E-state index contributed by atoms with van der Waals surface area (Å²) in [5.74, 6) is 0.994. The van der Waals surface area contributed by atoms with Crippen LogP contribution >= 0.6 is 0 Å². The summed E-state index contributed by atoms with van der Waals surface area (Å²) < 4.78 is 5.28. The van der Waals surface area contributed by atoms with Crippen LogP contribution in [0.25, 0.3) is 0 Å². The third kappa shape index (κ3) is 2.05. The molecule has 2 aliphatic rings. The Balaban J connectivity index is 1.86. The number of aryl methyl sites for hydroxylation is 1. The van der Waals surface area contributed by atoms with E-state index in [1.54, 1.807) is 7.11 Å². The van der Waals surface area contributed by atoms with E-state index in [4.69, 9.17) is 4.74 Å². The molecule has 108 valence electrons. The molecular weight excluding hydrogens is 264 g/mol. The molecule has 0 radical (unpaired) electrons. The van der Waals surface area contributed by atoms with Crippen LogP contribution in [0.15, 0.2) is 24.3 Å². The molecule has 1 N–H and O–H groups in total. The Bertz CT molecular complexity index is 686. The van der Waals surface area contributed by atoms with Gasteiger partial charge in [0.05, 0.1) is 12.8 Å². The van der Waals surface area contributed by atoms with Crippen molar-refractivity contribution in [3.05, 3.63) is 41.1 Å². The number of anilines is 2. The largest absolute Gasteiger partial charge is 0.467 e. The highest BCUT2D eigenvalue weighted by molar-refractivity contribution is 5.68. The summed E-state index contributed by atoms with van der Waals surface area (Å²) >= 11 is 0. The first-order valence-electron chi connectivity index (χ1n) is 7.37. The van der Waals surface area contributed by atoms with Gasteiger partial charge in [0.2, 0.25) is 0 Å². The van der Waals surface area contributed by atoms with Crippen LogP contribution in [0.4, 0.5) is 11.5 Å². The van der Waals surface area contributed by atoms with Crippen molar-refractivity contribution in [1.82, 2.24) is 15.3 Å². The van der Waals surface area contributed by atoms with Crippen LogP contribution in [0, 0.1) is 0 Å². The smallest absolute Gasteiger partial charge is 0.318 e. The van der Waals surface area contributed by atoms with Gasteiger partial charge in [-0.3, -0.25) is 0 Å². The molecule has 0 saturated carbocycles. The zero-order chi connectivity index (χ0) is 14.2. The minimum atomic E-state index is 0.454. The second kappa shape index (κ2) is 5.00. The van der Waals surface area contributed by atoms with E-state index < -0.39 is 0 Å². The fourth-order valence-electron chi connectivity index (χ4n) is 3.20. The van der Waals surface area contributed by atoms with Crippen molar-refractivity contribution >= 4 is 11.5 Å². The average Bonchev–Trinajstić information content (AvgIpc) is 3.02. The summed E-state index contributed by atoms with van der Waals surface area (Å²) in [7, 11) is 1.62. The molecule has 0 unspecified atom stereocenters. The maximum absolute atomic E-state index is 5.28. The van der Waals surface area contributed by atoms with Crippen molar-refractivity contribution in [2.75, 3.05) is 18.6 Å². The number of para-hydroxylation sites is 1. The number of hydrogen-bond donors (Lipinski definition) is 1. The number of hydrogen-bond acceptors (Lipinski definition) is 5. The maximum atomic E-state index is 5.28. The lowest BCUT2D eigenvalue weighted by atomic mass is 10.0. The van der Waals surface area contributed by atoms with Crippen molar-refractivity contribution in [3.63, 3.8) is 0 Å². The Kier molecular flexibility index (Phi) is 3.00. The van der Waals surface area contributed by atoms with Crippen molar-refractivity contribution in [1.29, 1.82) is 0 Å². The molecule has 0 bridgehead atoms. The van der Waals surface area contributed by atoms with Crippen LogP contribution < -0.4 is 15.0 Å². The highest BCUT2D eigenvalue weighted by atomic mass is 16.5. The highest BCUT2D eigenvalue weighted by Crippen LogP contribution is 2.36. The molecule has 0 atom stereocenters. The van der Waals surface area contributed by atoms with Crippen molar-refractivity contribution in [2.45, 2.75) is 25.9 Å². The van der Waals surface area contributed by atoms with Crippen LogP contribution in [0.2, 0.25) is 0 Å². The van der Waals surface area contributed by atoms with Gasteiger partial charge in [0.15, 0.2) is 0 Å². The van der Waals surface area contributed by atoms with Gasteiger partial charge in [-0.05, 0) is 24.5 Å². The van der Waals surface area contributed by atoms with Crippen LogP contribution in [-0.4, -0.2) is 23.6 Å². The van der Waals surface area contributed by atoms with Gasteiger partial charge in [-0.25, -0.2) is 0 Å². The van der Waals surface area contributed by atoms with Crippen molar-refractivity contribution in [3.8, 4) is 6.01 Å². The first-order chi connectivity index (χ1) is 10.4. The summed E-state index contributed by atoms with van der Waals surface area (Å²) in [5, 5.41) is 3.36. The van der Waals surface area contributed by atoms with Gasteiger partial charge in [-0.2, -0.15) is 9.97 Å². The summed E-state index contributed by atoms with van der Waals surface area (Å²) in [4.78, 5) is 11.4. The van der Waals surface area contributed by atoms with E-state index in [-0.39, 0.29) is 0 Å². The van der Waals surface area contributed by atoms with E-state index in [9.17, 15) is 0 Å². The predicted molar refractivity (Wildman–Crippen MR) is 80.9 cm³/mol. The summed E-state index contributed by atoms with van der Waals surface area (Å²) in [6.07, 6.45) is 2.28. The SMILES string of the molecule is COc1nc2c(c(N3CCCc4ccccc43)n1)CNC2. The molecule has 3 heterocycles. The molecule has 4 rings (SSSR count). The third-order valence-electron chi connectivity index (χ3n) is 4.19. The Labute approximate surface area is 124 Å². The Morgan fingerprint density at radius 2 is 2.10 bits per heavy atom. The van der Waals surface area contributed by atoms with Crippen LogP contribution in [0.3, 0.4) is 0 Å². The number of aromatic nitrogens is 2. The van der Waals surface area contributed by atoms with Gasteiger partial charge in [-0.15, -0.1) is 0 Å². The topological polar surface area (TPSA) is 50.3 Å². The standard InChI is InChI=1S/C16H18N4O/c1-21-16-18-13-10-17-9-12(13)15(19-16)20-8-4-6-11-5-2-3-7-14(11)20/h2-3,5,7,17H,4,6,8-10H2,1H3. The number of methoxy groups -OCH3 is 1. The first-order valence-corrected chi connectivity index (χ1v) is 7.37. The molecule has 0 fully saturated rings. The molecule has 1 aromatic carbocycles. The molecule has 5 heteroatoms. The molecule has 0 aliphatic carbocycles. The third-order valence-corrected chi connectivity index (χ3v) is 4.19. The number of benzene rings is 1. The molecule has 1 aromatic heterocycles. The lowest BCUT2D eigenvalue weighted by Crippen LogP contribution is -2.26. The molecule has 0 spiro atoms. The lowest BCUT2D eigenvalue weighted by Gasteiger charge is -2.31. The van der Waals surface area contributed by atoms with E-state index in [1.807, 2.05) is 0 Å². The summed E-state index contributed by atoms with van der Waals surface area (Å²) in [5.41, 5.74) is 4.91. The van der Waals surface area contributed by atoms with Crippen LogP contribution in [-0.2, 0) is 19.5 Å². The van der Waals surface area contributed by atoms with Crippen molar-refractivity contribution < 1.29 is 4.74 Å². The van der Waals surface area contributed by atoms with Gasteiger partial charge in [0.1, 0.15) is 5.82 Å². The highest BCUT2D eigenvalue weighted by Gasteiger charge is 2.26. The molecule has 2 aliphatic heterocycles. The minimum absolute atomic E-state index is 0.454. The lowest BCUT2D eigenvalue weighted by molar-refractivity contribution is 0.378. The van der Waals surface area contributed by atoms with E-state index in [0.717, 1.165) is 44.0 Å². The molecule has 0 amide bonds. The number of ether oxygens (including phenoxy) is 1. The van der Waals surface area contributed by atoms with E-state index in [2.05, 4.69) is 44.5 Å².